The highest BCUT2D eigenvalue weighted by Crippen LogP contribution is 2.16. The van der Waals surface area contributed by atoms with Crippen molar-refractivity contribution in [2.75, 3.05) is 6.54 Å². The molecule has 0 bridgehead atoms. The molecule has 1 amide bonds. The van der Waals surface area contributed by atoms with Crippen LogP contribution >= 0.6 is 15.9 Å². The second-order valence-corrected chi connectivity index (χ2v) is 6.40. The molecule has 0 aliphatic heterocycles. The number of quaternary nitrogens is 1. The first-order chi connectivity index (χ1) is 10.6. The summed E-state index contributed by atoms with van der Waals surface area (Å²) in [6.45, 7) is 4.54. The van der Waals surface area contributed by atoms with Crippen LogP contribution in [-0.2, 0) is 4.79 Å². The molecule has 0 spiro atoms. The minimum Gasteiger partial charge on any atom is -0.345 e. The maximum atomic E-state index is 12.1. The van der Waals surface area contributed by atoms with Crippen LogP contribution in [0.3, 0.4) is 0 Å². The molecule has 0 aliphatic carbocycles. The van der Waals surface area contributed by atoms with E-state index in [0.717, 1.165) is 10.0 Å². The molecule has 0 saturated heterocycles. The number of carbonyl (C=O) groups excluding carboxylic acids is 1. The van der Waals surface area contributed by atoms with Gasteiger partial charge in [-0.3, -0.25) is 4.79 Å². The number of carbonyl (C=O) groups is 1. The molecule has 0 radical (unpaired) electrons. The smallest absolute Gasteiger partial charge is 0.275 e. The second kappa shape index (κ2) is 8.11. The molecule has 0 fully saturated rings. The van der Waals surface area contributed by atoms with E-state index in [-0.39, 0.29) is 18.0 Å². The molecule has 2 rings (SSSR count). The number of hydrogen-bond acceptors (Lipinski definition) is 1. The summed E-state index contributed by atoms with van der Waals surface area (Å²) in [5, 5.41) is 5.09. The normalized spacial score (nSPS) is 13.4. The number of nitrogens with two attached hydrogens (primary N) is 1. The van der Waals surface area contributed by atoms with E-state index in [9.17, 15) is 4.79 Å². The highest BCUT2D eigenvalue weighted by Gasteiger charge is 2.13. The number of rotatable bonds is 6. The zero-order chi connectivity index (χ0) is 15.9. The van der Waals surface area contributed by atoms with Gasteiger partial charge in [0, 0.05) is 10.0 Å². The molecular formula is C18H22BrN2O+. The van der Waals surface area contributed by atoms with E-state index in [1.54, 1.807) is 0 Å². The lowest BCUT2D eigenvalue weighted by atomic mass is 10.1. The zero-order valence-electron chi connectivity index (χ0n) is 12.9. The van der Waals surface area contributed by atoms with Gasteiger partial charge in [-0.2, -0.15) is 0 Å². The lowest BCUT2D eigenvalue weighted by Gasteiger charge is -2.15. The highest BCUT2D eigenvalue weighted by molar-refractivity contribution is 9.10. The average molecular weight is 362 g/mol. The Morgan fingerprint density at radius 1 is 1.05 bits per heavy atom. The van der Waals surface area contributed by atoms with Gasteiger partial charge in [0.15, 0.2) is 6.54 Å². The Kier molecular flexibility index (Phi) is 6.16. The maximum absolute atomic E-state index is 12.1. The Labute approximate surface area is 140 Å². The van der Waals surface area contributed by atoms with E-state index < -0.39 is 0 Å². The quantitative estimate of drug-likeness (QED) is 0.816. The average Bonchev–Trinajstić information content (AvgIpc) is 2.54. The van der Waals surface area contributed by atoms with Crippen molar-refractivity contribution in [3.8, 4) is 0 Å². The van der Waals surface area contributed by atoms with Gasteiger partial charge in [0.05, 0.1) is 6.04 Å². The molecule has 2 aromatic carbocycles. The Hall–Kier alpha value is -1.65. The SMILES string of the molecule is C[C@H](NC(=O)C[NH2+][C@H](C)c1ccccc1)c1ccc(Br)cc1. The largest absolute Gasteiger partial charge is 0.345 e. The van der Waals surface area contributed by atoms with Gasteiger partial charge in [-0.25, -0.2) is 0 Å². The number of nitrogens with one attached hydrogen (secondary N) is 1. The molecule has 0 aromatic heterocycles. The van der Waals surface area contributed by atoms with Crippen LogP contribution in [0.25, 0.3) is 0 Å². The maximum Gasteiger partial charge on any atom is 0.275 e. The van der Waals surface area contributed by atoms with Crippen molar-refractivity contribution in [1.29, 1.82) is 0 Å². The first-order valence-electron chi connectivity index (χ1n) is 7.49. The number of halogens is 1. The predicted molar refractivity (Wildman–Crippen MR) is 92.3 cm³/mol. The summed E-state index contributed by atoms with van der Waals surface area (Å²) in [5.74, 6) is 0.0539. The minimum atomic E-state index is 0.0148. The predicted octanol–water partition coefficient (Wildman–Crippen LogP) is 2.95. The van der Waals surface area contributed by atoms with Crippen LogP contribution in [0, 0.1) is 0 Å². The molecule has 2 atom stereocenters. The molecule has 3 nitrogen and oxygen atoms in total. The fourth-order valence-corrected chi connectivity index (χ4v) is 2.58. The molecule has 0 unspecified atom stereocenters. The van der Waals surface area contributed by atoms with Gasteiger partial charge < -0.3 is 10.6 Å². The Morgan fingerprint density at radius 3 is 2.32 bits per heavy atom. The first kappa shape index (κ1) is 16.7. The van der Waals surface area contributed by atoms with Crippen LogP contribution in [0.1, 0.15) is 37.1 Å². The van der Waals surface area contributed by atoms with Crippen molar-refractivity contribution in [1.82, 2.24) is 5.32 Å². The van der Waals surface area contributed by atoms with Crippen LogP contribution in [0.2, 0.25) is 0 Å². The molecule has 116 valence electrons. The first-order valence-corrected chi connectivity index (χ1v) is 8.28. The van der Waals surface area contributed by atoms with Crippen molar-refractivity contribution >= 4 is 21.8 Å². The fourth-order valence-electron chi connectivity index (χ4n) is 2.31. The van der Waals surface area contributed by atoms with Crippen LogP contribution in [-0.4, -0.2) is 12.5 Å². The topological polar surface area (TPSA) is 45.7 Å². The van der Waals surface area contributed by atoms with Gasteiger partial charge in [0.2, 0.25) is 0 Å². The second-order valence-electron chi connectivity index (χ2n) is 5.48. The van der Waals surface area contributed by atoms with Gasteiger partial charge in [0.25, 0.3) is 5.91 Å². The van der Waals surface area contributed by atoms with E-state index in [4.69, 9.17) is 0 Å². The van der Waals surface area contributed by atoms with Crippen molar-refractivity contribution in [3.63, 3.8) is 0 Å². The van der Waals surface area contributed by atoms with E-state index in [2.05, 4.69) is 45.6 Å². The summed E-state index contributed by atoms with van der Waals surface area (Å²) in [7, 11) is 0. The summed E-state index contributed by atoms with van der Waals surface area (Å²) in [5.41, 5.74) is 2.34. The Balaban J connectivity index is 1.81. The van der Waals surface area contributed by atoms with Gasteiger partial charge >= 0.3 is 0 Å². The van der Waals surface area contributed by atoms with Crippen molar-refractivity contribution in [2.24, 2.45) is 0 Å². The number of benzene rings is 2. The van der Waals surface area contributed by atoms with Gasteiger partial charge in [-0.15, -0.1) is 0 Å². The third-order valence-electron chi connectivity index (χ3n) is 3.73. The zero-order valence-corrected chi connectivity index (χ0v) is 14.5. The fraction of sp³-hybridized carbons (Fsp3) is 0.278. The number of hydrogen-bond donors (Lipinski definition) is 2. The van der Waals surface area contributed by atoms with Crippen molar-refractivity contribution in [2.45, 2.75) is 25.9 Å². The van der Waals surface area contributed by atoms with E-state index in [0.29, 0.717) is 6.54 Å². The lowest BCUT2D eigenvalue weighted by molar-refractivity contribution is -0.682. The Morgan fingerprint density at radius 2 is 1.68 bits per heavy atom. The van der Waals surface area contributed by atoms with E-state index >= 15 is 0 Å². The minimum absolute atomic E-state index is 0.0148. The molecule has 2 aromatic rings. The Bertz CT molecular complexity index is 598. The van der Waals surface area contributed by atoms with Gasteiger partial charge in [-0.05, 0) is 31.5 Å². The highest BCUT2D eigenvalue weighted by atomic mass is 79.9. The summed E-state index contributed by atoms with van der Waals surface area (Å²) >= 11 is 3.42. The summed E-state index contributed by atoms with van der Waals surface area (Å²) in [4.78, 5) is 12.1. The third-order valence-corrected chi connectivity index (χ3v) is 4.26. The standard InChI is InChI=1S/C18H21BrN2O/c1-13(15-6-4-3-5-7-15)20-12-18(22)21-14(2)16-8-10-17(19)11-9-16/h3-11,13-14,20H,12H2,1-2H3,(H,21,22)/p+1/t13-,14+/m1/s1. The molecule has 0 saturated carbocycles. The summed E-state index contributed by atoms with van der Waals surface area (Å²) in [6, 6.07) is 18.5. The van der Waals surface area contributed by atoms with Crippen LogP contribution < -0.4 is 10.6 Å². The van der Waals surface area contributed by atoms with E-state index in [1.807, 2.05) is 49.4 Å². The summed E-state index contributed by atoms with van der Waals surface area (Å²) in [6.07, 6.45) is 0. The summed E-state index contributed by atoms with van der Waals surface area (Å²) < 4.78 is 1.04. The van der Waals surface area contributed by atoms with Gasteiger partial charge in [0.1, 0.15) is 6.04 Å². The lowest BCUT2D eigenvalue weighted by Crippen LogP contribution is -2.87. The monoisotopic (exact) mass is 361 g/mol. The molecule has 4 heteroatoms. The van der Waals surface area contributed by atoms with Crippen LogP contribution in [0.4, 0.5) is 0 Å². The number of amides is 1. The molecule has 0 heterocycles. The third kappa shape index (κ3) is 4.97. The van der Waals surface area contributed by atoms with Crippen LogP contribution in [0.15, 0.2) is 59.1 Å². The van der Waals surface area contributed by atoms with Crippen molar-refractivity contribution < 1.29 is 10.1 Å². The van der Waals surface area contributed by atoms with Crippen molar-refractivity contribution in [3.05, 3.63) is 70.2 Å². The van der Waals surface area contributed by atoms with Gasteiger partial charge in [-0.1, -0.05) is 58.4 Å². The molecular weight excluding hydrogens is 340 g/mol. The van der Waals surface area contributed by atoms with E-state index in [1.165, 1.54) is 5.56 Å². The molecule has 22 heavy (non-hydrogen) atoms. The molecule has 3 N–H and O–H groups in total. The molecule has 0 aliphatic rings. The van der Waals surface area contributed by atoms with Crippen LogP contribution in [0.5, 0.6) is 0 Å².